The van der Waals surface area contributed by atoms with E-state index < -0.39 is 6.10 Å². The maximum Gasteiger partial charge on any atom is 0.203 e. The summed E-state index contributed by atoms with van der Waals surface area (Å²) >= 11 is 3.37. The van der Waals surface area contributed by atoms with Gasteiger partial charge in [0.05, 0.1) is 0 Å². The molecule has 0 saturated heterocycles. The highest BCUT2D eigenvalue weighted by Crippen LogP contribution is 2.20. The van der Waals surface area contributed by atoms with Crippen LogP contribution in [0.1, 0.15) is 30.1 Å². The number of hydrogen-bond acceptors (Lipinski definition) is 3. The molecule has 0 saturated carbocycles. The van der Waals surface area contributed by atoms with Crippen molar-refractivity contribution in [1.82, 2.24) is 0 Å². The normalized spacial score (nSPS) is 11.9. The molecule has 0 aliphatic heterocycles. The first-order valence-electron chi connectivity index (χ1n) is 6.92. The number of nitrogens with two attached hydrogens (primary N) is 1. The lowest BCUT2D eigenvalue weighted by Crippen LogP contribution is -2.27. The summed E-state index contributed by atoms with van der Waals surface area (Å²) in [5, 5.41) is 0. The molecule has 1 unspecified atom stereocenters. The van der Waals surface area contributed by atoms with Gasteiger partial charge in [0.15, 0.2) is 6.10 Å². The average molecular weight is 348 g/mol. The molecule has 3 nitrogen and oxygen atoms in total. The summed E-state index contributed by atoms with van der Waals surface area (Å²) in [6.07, 6.45) is 1.08. The van der Waals surface area contributed by atoms with E-state index in [0.717, 1.165) is 10.9 Å². The van der Waals surface area contributed by atoms with Gasteiger partial charge in [0.2, 0.25) is 5.78 Å². The molecular weight excluding hydrogens is 330 g/mol. The summed E-state index contributed by atoms with van der Waals surface area (Å²) in [6, 6.07) is 14.4. The zero-order chi connectivity index (χ0) is 15.2. The third kappa shape index (κ3) is 4.33. The SMILES string of the molecule is CCCC(Oc1ccc(N)cc1)C(=O)c1ccc(Br)cc1. The van der Waals surface area contributed by atoms with Crippen LogP contribution in [-0.4, -0.2) is 11.9 Å². The van der Waals surface area contributed by atoms with Gasteiger partial charge in [-0.1, -0.05) is 41.4 Å². The molecule has 1 atom stereocenters. The number of ketones is 1. The van der Waals surface area contributed by atoms with E-state index in [1.54, 1.807) is 36.4 Å². The minimum absolute atomic E-state index is 0.00109. The molecule has 0 aliphatic rings. The third-order valence-electron chi connectivity index (χ3n) is 3.13. The summed E-state index contributed by atoms with van der Waals surface area (Å²) in [5.74, 6) is 0.661. The number of halogens is 1. The number of carbonyl (C=O) groups excluding carboxylic acids is 1. The van der Waals surface area contributed by atoms with E-state index in [2.05, 4.69) is 15.9 Å². The molecule has 0 amide bonds. The van der Waals surface area contributed by atoms with Gasteiger partial charge in [-0.05, 0) is 42.8 Å². The van der Waals surface area contributed by atoms with Gasteiger partial charge in [-0.25, -0.2) is 0 Å². The molecule has 0 heterocycles. The molecule has 0 bridgehead atoms. The largest absolute Gasteiger partial charge is 0.482 e. The Balaban J connectivity index is 2.15. The quantitative estimate of drug-likeness (QED) is 0.619. The van der Waals surface area contributed by atoms with E-state index in [-0.39, 0.29) is 5.78 Å². The van der Waals surface area contributed by atoms with Gasteiger partial charge in [0.1, 0.15) is 5.75 Å². The molecule has 2 aromatic rings. The lowest BCUT2D eigenvalue weighted by atomic mass is 10.0. The van der Waals surface area contributed by atoms with Crippen LogP contribution in [0.2, 0.25) is 0 Å². The molecule has 0 fully saturated rings. The van der Waals surface area contributed by atoms with Crippen molar-refractivity contribution in [3.05, 3.63) is 58.6 Å². The van der Waals surface area contributed by atoms with Crippen molar-refractivity contribution in [3.63, 3.8) is 0 Å². The minimum Gasteiger partial charge on any atom is -0.482 e. The molecule has 4 heteroatoms. The van der Waals surface area contributed by atoms with Crippen LogP contribution in [0, 0.1) is 0 Å². The molecule has 2 aromatic carbocycles. The Hall–Kier alpha value is -1.81. The second kappa shape index (κ2) is 7.27. The van der Waals surface area contributed by atoms with Crippen molar-refractivity contribution in [2.45, 2.75) is 25.9 Å². The first kappa shape index (κ1) is 15.6. The monoisotopic (exact) mass is 347 g/mol. The molecule has 0 spiro atoms. The topological polar surface area (TPSA) is 52.3 Å². The Bertz CT molecular complexity index is 593. The Morgan fingerprint density at radius 2 is 1.76 bits per heavy atom. The number of carbonyl (C=O) groups is 1. The van der Waals surface area contributed by atoms with Gasteiger partial charge in [0.25, 0.3) is 0 Å². The maximum absolute atomic E-state index is 12.6. The van der Waals surface area contributed by atoms with Gasteiger partial charge in [-0.3, -0.25) is 4.79 Å². The maximum atomic E-state index is 12.6. The van der Waals surface area contributed by atoms with E-state index in [0.29, 0.717) is 23.4 Å². The Kier molecular flexibility index (Phi) is 5.39. The van der Waals surface area contributed by atoms with Gasteiger partial charge < -0.3 is 10.5 Å². The van der Waals surface area contributed by atoms with Gasteiger partial charge in [-0.15, -0.1) is 0 Å². The first-order valence-corrected chi connectivity index (χ1v) is 7.71. The van der Waals surface area contributed by atoms with Crippen LogP contribution < -0.4 is 10.5 Å². The van der Waals surface area contributed by atoms with Gasteiger partial charge in [0, 0.05) is 15.7 Å². The summed E-state index contributed by atoms with van der Waals surface area (Å²) in [6.45, 7) is 2.04. The van der Waals surface area contributed by atoms with Crippen LogP contribution in [0.15, 0.2) is 53.0 Å². The van der Waals surface area contributed by atoms with Gasteiger partial charge in [-0.2, -0.15) is 0 Å². The van der Waals surface area contributed by atoms with E-state index in [1.165, 1.54) is 0 Å². The summed E-state index contributed by atoms with van der Waals surface area (Å²) in [4.78, 5) is 12.6. The fourth-order valence-corrected chi connectivity index (χ4v) is 2.28. The van der Waals surface area contributed by atoms with Crippen LogP contribution in [0.5, 0.6) is 5.75 Å². The molecule has 21 heavy (non-hydrogen) atoms. The van der Waals surface area contributed by atoms with Crippen molar-refractivity contribution in [3.8, 4) is 5.75 Å². The Morgan fingerprint density at radius 3 is 2.33 bits per heavy atom. The van der Waals surface area contributed by atoms with Crippen molar-refractivity contribution in [2.24, 2.45) is 0 Å². The summed E-state index contributed by atoms with van der Waals surface area (Å²) in [5.41, 5.74) is 6.99. The zero-order valence-electron chi connectivity index (χ0n) is 11.9. The minimum atomic E-state index is -0.472. The predicted molar refractivity (Wildman–Crippen MR) is 88.7 cm³/mol. The number of anilines is 1. The number of ether oxygens (including phenoxy) is 1. The van der Waals surface area contributed by atoms with E-state index >= 15 is 0 Å². The van der Waals surface area contributed by atoms with Crippen LogP contribution in [0.3, 0.4) is 0 Å². The lowest BCUT2D eigenvalue weighted by molar-refractivity contribution is 0.0777. The van der Waals surface area contributed by atoms with Crippen LogP contribution >= 0.6 is 15.9 Å². The standard InChI is InChI=1S/C17H18BrNO2/c1-2-3-16(21-15-10-8-14(19)9-11-15)17(20)12-4-6-13(18)7-5-12/h4-11,16H,2-3,19H2,1H3. The van der Waals surface area contributed by atoms with Crippen molar-refractivity contribution >= 4 is 27.4 Å². The van der Waals surface area contributed by atoms with E-state index in [1.807, 2.05) is 19.1 Å². The molecule has 0 aromatic heterocycles. The molecular formula is C17H18BrNO2. The third-order valence-corrected chi connectivity index (χ3v) is 3.66. The number of benzene rings is 2. The first-order chi connectivity index (χ1) is 10.1. The number of hydrogen-bond donors (Lipinski definition) is 1. The number of rotatable bonds is 6. The fraction of sp³-hybridized carbons (Fsp3) is 0.235. The smallest absolute Gasteiger partial charge is 0.203 e. The second-order valence-electron chi connectivity index (χ2n) is 4.84. The Morgan fingerprint density at radius 1 is 1.14 bits per heavy atom. The molecule has 110 valence electrons. The fourth-order valence-electron chi connectivity index (χ4n) is 2.02. The molecule has 0 aliphatic carbocycles. The van der Waals surface area contributed by atoms with E-state index in [9.17, 15) is 4.79 Å². The van der Waals surface area contributed by atoms with Gasteiger partial charge >= 0.3 is 0 Å². The van der Waals surface area contributed by atoms with Crippen LogP contribution in [0.25, 0.3) is 0 Å². The highest BCUT2D eigenvalue weighted by atomic mass is 79.9. The summed E-state index contributed by atoms with van der Waals surface area (Å²) < 4.78 is 6.79. The van der Waals surface area contributed by atoms with E-state index in [4.69, 9.17) is 10.5 Å². The Labute approximate surface area is 133 Å². The van der Waals surface area contributed by atoms with Crippen LogP contribution in [-0.2, 0) is 0 Å². The second-order valence-corrected chi connectivity index (χ2v) is 5.75. The zero-order valence-corrected chi connectivity index (χ0v) is 13.5. The molecule has 2 N–H and O–H groups in total. The van der Waals surface area contributed by atoms with Crippen molar-refractivity contribution in [2.75, 3.05) is 5.73 Å². The number of nitrogen functional groups attached to an aromatic ring is 1. The average Bonchev–Trinajstić information content (AvgIpc) is 2.49. The highest BCUT2D eigenvalue weighted by Gasteiger charge is 2.21. The van der Waals surface area contributed by atoms with Crippen molar-refractivity contribution < 1.29 is 9.53 Å². The summed E-state index contributed by atoms with van der Waals surface area (Å²) in [7, 11) is 0. The lowest BCUT2D eigenvalue weighted by Gasteiger charge is -2.17. The predicted octanol–water partition coefficient (Wildman–Crippen LogP) is 4.46. The van der Waals surface area contributed by atoms with Crippen LogP contribution in [0.4, 0.5) is 5.69 Å². The highest BCUT2D eigenvalue weighted by molar-refractivity contribution is 9.10. The molecule has 0 radical (unpaired) electrons. The molecule has 2 rings (SSSR count). The number of Topliss-reactive ketones (excluding diaryl/α,β-unsaturated/α-hetero) is 1. The van der Waals surface area contributed by atoms with Crippen molar-refractivity contribution in [1.29, 1.82) is 0 Å².